The zero-order valence-electron chi connectivity index (χ0n) is 15.4. The van der Waals surface area contributed by atoms with Gasteiger partial charge in [-0.1, -0.05) is 12.1 Å². The molecule has 26 heavy (non-hydrogen) atoms. The Morgan fingerprint density at radius 2 is 1.81 bits per heavy atom. The molecule has 1 unspecified atom stereocenters. The van der Waals surface area contributed by atoms with E-state index in [2.05, 4.69) is 17.0 Å². The molecule has 142 valence electrons. The second-order valence-corrected chi connectivity index (χ2v) is 7.25. The third-order valence-electron chi connectivity index (χ3n) is 5.64. The average Bonchev–Trinajstić information content (AvgIpc) is 2.83. The molecule has 1 aromatic rings. The van der Waals surface area contributed by atoms with Gasteiger partial charge in [0.05, 0.1) is 13.2 Å². The van der Waals surface area contributed by atoms with E-state index in [-0.39, 0.29) is 18.5 Å². The third-order valence-corrected chi connectivity index (χ3v) is 5.64. The molecule has 6 heteroatoms. The van der Waals surface area contributed by atoms with E-state index in [4.69, 9.17) is 9.84 Å². The van der Waals surface area contributed by atoms with Gasteiger partial charge in [-0.25, -0.2) is 0 Å². The lowest BCUT2D eigenvalue weighted by Crippen LogP contribution is -2.51. The van der Waals surface area contributed by atoms with Gasteiger partial charge in [-0.2, -0.15) is 0 Å². The van der Waals surface area contributed by atoms with E-state index in [0.29, 0.717) is 12.5 Å². The fourth-order valence-corrected chi connectivity index (χ4v) is 4.16. The van der Waals surface area contributed by atoms with Crippen molar-refractivity contribution in [1.82, 2.24) is 9.80 Å². The molecular weight excluding hydrogens is 332 g/mol. The van der Waals surface area contributed by atoms with E-state index >= 15 is 0 Å². The van der Waals surface area contributed by atoms with E-state index < -0.39 is 5.97 Å². The molecule has 0 aromatic heterocycles. The van der Waals surface area contributed by atoms with Crippen molar-refractivity contribution in [2.24, 2.45) is 0 Å². The summed E-state index contributed by atoms with van der Waals surface area (Å²) in [6.07, 6.45) is 4.75. The van der Waals surface area contributed by atoms with Crippen LogP contribution < -0.4 is 4.74 Å². The van der Waals surface area contributed by atoms with Crippen molar-refractivity contribution in [3.8, 4) is 5.75 Å². The molecular formula is C20H28N2O4. The first-order valence-corrected chi connectivity index (χ1v) is 9.47. The van der Waals surface area contributed by atoms with Crippen LogP contribution in [0.15, 0.2) is 24.3 Å². The standard InChI is InChI=1S/C20H28N2O4/c1-26-17-7-5-15(6-8-17)16-9-12-21(13-10-16)18-4-2-3-11-22(20(18)25)14-19(23)24/h5-8,16,18H,2-4,9-14H2,1H3,(H,23,24). The summed E-state index contributed by atoms with van der Waals surface area (Å²) in [6.45, 7) is 2.14. The molecule has 1 N–H and O–H groups in total. The number of methoxy groups -OCH3 is 1. The predicted molar refractivity (Wildman–Crippen MR) is 98.4 cm³/mol. The zero-order chi connectivity index (χ0) is 18.5. The Labute approximate surface area is 154 Å². The molecule has 2 aliphatic heterocycles. The van der Waals surface area contributed by atoms with Crippen LogP contribution in [0.25, 0.3) is 0 Å². The lowest BCUT2D eigenvalue weighted by atomic mass is 9.88. The van der Waals surface area contributed by atoms with E-state index in [9.17, 15) is 9.59 Å². The van der Waals surface area contributed by atoms with Crippen molar-refractivity contribution in [3.05, 3.63) is 29.8 Å². The van der Waals surface area contributed by atoms with Gasteiger partial charge in [-0.05, 0) is 68.8 Å². The Balaban J connectivity index is 1.60. The first kappa shape index (κ1) is 18.7. The van der Waals surface area contributed by atoms with Crippen LogP contribution in [0.3, 0.4) is 0 Å². The van der Waals surface area contributed by atoms with E-state index in [1.165, 1.54) is 10.5 Å². The minimum absolute atomic E-state index is 0.00667. The third kappa shape index (κ3) is 4.36. The van der Waals surface area contributed by atoms with Crippen molar-refractivity contribution in [2.75, 3.05) is 33.3 Å². The molecule has 1 amide bonds. The number of carbonyl (C=O) groups excluding carboxylic acids is 1. The lowest BCUT2D eigenvalue weighted by Gasteiger charge is -2.37. The van der Waals surface area contributed by atoms with Gasteiger partial charge < -0.3 is 14.7 Å². The number of carbonyl (C=O) groups is 2. The summed E-state index contributed by atoms with van der Waals surface area (Å²) in [6, 6.07) is 8.10. The topological polar surface area (TPSA) is 70.1 Å². The summed E-state index contributed by atoms with van der Waals surface area (Å²) in [5.74, 6) is 0.437. The highest BCUT2D eigenvalue weighted by atomic mass is 16.5. The molecule has 0 saturated carbocycles. The molecule has 0 spiro atoms. The zero-order valence-corrected chi connectivity index (χ0v) is 15.4. The molecule has 1 atom stereocenters. The molecule has 6 nitrogen and oxygen atoms in total. The van der Waals surface area contributed by atoms with E-state index in [1.54, 1.807) is 7.11 Å². The van der Waals surface area contributed by atoms with Gasteiger partial charge in [0.2, 0.25) is 5.91 Å². The molecule has 2 aliphatic rings. The number of rotatable bonds is 5. The highest BCUT2D eigenvalue weighted by molar-refractivity contribution is 5.85. The number of amides is 1. The maximum Gasteiger partial charge on any atom is 0.323 e. The van der Waals surface area contributed by atoms with Crippen LogP contribution in [0.4, 0.5) is 0 Å². The smallest absolute Gasteiger partial charge is 0.323 e. The fourth-order valence-electron chi connectivity index (χ4n) is 4.16. The Morgan fingerprint density at radius 1 is 1.12 bits per heavy atom. The summed E-state index contributed by atoms with van der Waals surface area (Å²) >= 11 is 0. The van der Waals surface area contributed by atoms with Crippen LogP contribution in [0, 0.1) is 0 Å². The number of carboxylic acid groups (broad SMARTS) is 1. The monoisotopic (exact) mass is 360 g/mol. The maximum absolute atomic E-state index is 12.8. The van der Waals surface area contributed by atoms with Gasteiger partial charge in [0.1, 0.15) is 12.3 Å². The first-order valence-electron chi connectivity index (χ1n) is 9.47. The van der Waals surface area contributed by atoms with Crippen LogP contribution >= 0.6 is 0 Å². The molecule has 0 radical (unpaired) electrons. The van der Waals surface area contributed by atoms with Crippen molar-refractivity contribution in [1.29, 1.82) is 0 Å². The van der Waals surface area contributed by atoms with Gasteiger partial charge in [0.25, 0.3) is 0 Å². The van der Waals surface area contributed by atoms with Gasteiger partial charge in [0, 0.05) is 6.54 Å². The maximum atomic E-state index is 12.8. The molecule has 2 fully saturated rings. The second-order valence-electron chi connectivity index (χ2n) is 7.25. The number of benzene rings is 1. The number of hydrogen-bond donors (Lipinski definition) is 1. The highest BCUT2D eigenvalue weighted by Crippen LogP contribution is 2.31. The van der Waals surface area contributed by atoms with E-state index in [0.717, 1.165) is 50.9 Å². The fraction of sp³-hybridized carbons (Fsp3) is 0.600. The number of carboxylic acids is 1. The Bertz CT molecular complexity index is 623. The van der Waals surface area contributed by atoms with Crippen molar-refractivity contribution >= 4 is 11.9 Å². The van der Waals surface area contributed by atoms with Crippen molar-refractivity contribution < 1.29 is 19.4 Å². The van der Waals surface area contributed by atoms with Crippen molar-refractivity contribution in [3.63, 3.8) is 0 Å². The second kappa shape index (κ2) is 8.54. The molecule has 0 bridgehead atoms. The number of aliphatic carboxylic acids is 1. The Morgan fingerprint density at radius 3 is 2.42 bits per heavy atom. The summed E-state index contributed by atoms with van der Waals surface area (Å²) in [5, 5.41) is 9.05. The van der Waals surface area contributed by atoms with Gasteiger partial charge in [-0.3, -0.25) is 14.5 Å². The molecule has 3 rings (SSSR count). The highest BCUT2D eigenvalue weighted by Gasteiger charge is 2.34. The minimum Gasteiger partial charge on any atom is -0.497 e. The predicted octanol–water partition coefficient (Wildman–Crippen LogP) is 2.34. The Hall–Kier alpha value is -2.08. The average molecular weight is 360 g/mol. The largest absolute Gasteiger partial charge is 0.497 e. The quantitative estimate of drug-likeness (QED) is 0.873. The van der Waals surface area contributed by atoms with Crippen LogP contribution in [0.2, 0.25) is 0 Å². The summed E-state index contributed by atoms with van der Waals surface area (Å²) in [7, 11) is 1.67. The molecule has 2 saturated heterocycles. The number of nitrogens with zero attached hydrogens (tertiary/aromatic N) is 2. The Kier molecular flexibility index (Phi) is 6.14. The van der Waals surface area contributed by atoms with Gasteiger partial charge in [-0.15, -0.1) is 0 Å². The van der Waals surface area contributed by atoms with Crippen LogP contribution in [0.5, 0.6) is 5.75 Å². The van der Waals surface area contributed by atoms with Gasteiger partial charge >= 0.3 is 5.97 Å². The first-order chi connectivity index (χ1) is 12.6. The molecule has 0 aliphatic carbocycles. The summed E-state index contributed by atoms with van der Waals surface area (Å²) < 4.78 is 5.22. The summed E-state index contributed by atoms with van der Waals surface area (Å²) in [5.41, 5.74) is 1.32. The number of ether oxygens (including phenoxy) is 1. The number of likely N-dealkylation sites (tertiary alicyclic amines) is 2. The molecule has 2 heterocycles. The molecule has 1 aromatic carbocycles. The van der Waals surface area contributed by atoms with Crippen LogP contribution in [0.1, 0.15) is 43.6 Å². The minimum atomic E-state index is -0.933. The van der Waals surface area contributed by atoms with Crippen LogP contribution in [-0.2, 0) is 9.59 Å². The lowest BCUT2D eigenvalue weighted by molar-refractivity contribution is -0.146. The van der Waals surface area contributed by atoms with Crippen LogP contribution in [-0.4, -0.2) is 66.1 Å². The summed E-state index contributed by atoms with van der Waals surface area (Å²) in [4.78, 5) is 27.6. The van der Waals surface area contributed by atoms with Crippen molar-refractivity contribution in [2.45, 2.75) is 44.1 Å². The number of piperidine rings is 1. The van der Waals surface area contributed by atoms with E-state index in [1.807, 2.05) is 12.1 Å². The SMILES string of the molecule is COc1ccc(C2CCN(C3CCCCN(CC(=O)O)C3=O)CC2)cc1. The van der Waals surface area contributed by atoms with Gasteiger partial charge in [0.15, 0.2) is 0 Å². The normalized spacial score (nSPS) is 22.9. The number of hydrogen-bond acceptors (Lipinski definition) is 4.